The summed E-state index contributed by atoms with van der Waals surface area (Å²) < 4.78 is 0. The number of carbonyl (C=O) groups is 1. The molecule has 126 valence electrons. The van der Waals surface area contributed by atoms with Crippen LogP contribution in [-0.4, -0.2) is 29.3 Å². The third kappa shape index (κ3) is 5.04. The van der Waals surface area contributed by atoms with Crippen LogP contribution in [0.2, 0.25) is 5.02 Å². The summed E-state index contributed by atoms with van der Waals surface area (Å²) in [7, 11) is 1.84. The number of benzene rings is 2. The molecule has 0 aromatic heterocycles. The Balaban J connectivity index is 1.92. The number of amides is 1. The van der Waals surface area contributed by atoms with Crippen molar-refractivity contribution in [2.45, 2.75) is 13.5 Å². The summed E-state index contributed by atoms with van der Waals surface area (Å²) in [6.07, 6.45) is 0. The Morgan fingerprint density at radius 2 is 1.92 bits per heavy atom. The van der Waals surface area contributed by atoms with Gasteiger partial charge in [-0.25, -0.2) is 0 Å². The molecular formula is C17H18ClN3O3. The summed E-state index contributed by atoms with van der Waals surface area (Å²) in [5, 5.41) is 14.2. The average Bonchev–Trinajstić information content (AvgIpc) is 2.51. The number of non-ortho nitro benzene ring substituents is 1. The van der Waals surface area contributed by atoms with Crippen LogP contribution in [0.5, 0.6) is 0 Å². The Kier molecular flexibility index (Phi) is 5.89. The summed E-state index contributed by atoms with van der Waals surface area (Å²) >= 11 is 5.85. The Hall–Kier alpha value is -2.44. The van der Waals surface area contributed by atoms with Crippen LogP contribution in [-0.2, 0) is 11.3 Å². The first kappa shape index (κ1) is 17.9. The molecule has 1 amide bonds. The number of rotatable bonds is 6. The molecule has 0 fully saturated rings. The largest absolute Gasteiger partial charge is 0.325 e. The average molecular weight is 348 g/mol. The lowest BCUT2D eigenvalue weighted by Crippen LogP contribution is -2.30. The molecule has 0 heterocycles. The zero-order valence-corrected chi connectivity index (χ0v) is 14.2. The van der Waals surface area contributed by atoms with Gasteiger partial charge >= 0.3 is 0 Å². The molecule has 24 heavy (non-hydrogen) atoms. The first-order valence-electron chi connectivity index (χ1n) is 7.33. The van der Waals surface area contributed by atoms with E-state index in [0.717, 1.165) is 5.56 Å². The van der Waals surface area contributed by atoms with Crippen molar-refractivity contribution < 1.29 is 9.72 Å². The molecule has 0 bridgehead atoms. The number of aryl methyl sites for hydroxylation is 1. The Morgan fingerprint density at radius 3 is 2.50 bits per heavy atom. The molecule has 0 unspecified atom stereocenters. The van der Waals surface area contributed by atoms with Gasteiger partial charge in [-0.15, -0.1) is 0 Å². The topological polar surface area (TPSA) is 75.5 Å². The number of nitrogens with one attached hydrogen (secondary N) is 1. The van der Waals surface area contributed by atoms with Crippen molar-refractivity contribution in [1.82, 2.24) is 4.90 Å². The number of carbonyl (C=O) groups excluding carboxylic acids is 1. The van der Waals surface area contributed by atoms with Crippen LogP contribution in [0.25, 0.3) is 0 Å². The molecule has 0 atom stereocenters. The molecule has 6 nitrogen and oxygen atoms in total. The maximum absolute atomic E-state index is 12.1. The van der Waals surface area contributed by atoms with E-state index in [1.165, 1.54) is 12.1 Å². The van der Waals surface area contributed by atoms with E-state index in [9.17, 15) is 14.9 Å². The molecule has 2 rings (SSSR count). The van der Waals surface area contributed by atoms with Gasteiger partial charge in [-0.05, 0) is 43.3 Å². The predicted octanol–water partition coefficient (Wildman–Crippen LogP) is 3.63. The molecular weight excluding hydrogens is 330 g/mol. The van der Waals surface area contributed by atoms with Gasteiger partial charge in [0.05, 0.1) is 11.5 Å². The standard InChI is InChI=1S/C17H18ClN3O3/c1-12-9-15(21(23)24)7-8-16(12)19-17(22)11-20(2)10-13-3-5-14(18)6-4-13/h3-9H,10-11H2,1-2H3,(H,19,22). The molecule has 2 aromatic carbocycles. The number of likely N-dealkylation sites (N-methyl/N-ethyl adjacent to an activating group) is 1. The first-order valence-corrected chi connectivity index (χ1v) is 7.71. The normalized spacial score (nSPS) is 10.7. The molecule has 0 saturated heterocycles. The quantitative estimate of drug-likeness (QED) is 0.639. The number of nitro groups is 1. The van der Waals surface area contributed by atoms with Gasteiger partial charge in [-0.3, -0.25) is 19.8 Å². The summed E-state index contributed by atoms with van der Waals surface area (Å²) in [5.41, 5.74) is 2.29. The van der Waals surface area contributed by atoms with Crippen LogP contribution in [0.15, 0.2) is 42.5 Å². The van der Waals surface area contributed by atoms with Crippen LogP contribution in [0.1, 0.15) is 11.1 Å². The molecule has 0 radical (unpaired) electrons. The highest BCUT2D eigenvalue weighted by Crippen LogP contribution is 2.21. The van der Waals surface area contributed by atoms with Crippen LogP contribution in [0.4, 0.5) is 11.4 Å². The molecule has 0 aliphatic rings. The van der Waals surface area contributed by atoms with Crippen molar-refractivity contribution in [3.63, 3.8) is 0 Å². The minimum atomic E-state index is -0.460. The predicted molar refractivity (Wildman–Crippen MR) is 94.2 cm³/mol. The van der Waals surface area contributed by atoms with E-state index in [1.807, 2.05) is 36.2 Å². The summed E-state index contributed by atoms with van der Waals surface area (Å²) in [6.45, 7) is 2.54. The Bertz CT molecular complexity index is 747. The van der Waals surface area contributed by atoms with Crippen molar-refractivity contribution in [2.75, 3.05) is 18.9 Å². The molecule has 7 heteroatoms. The van der Waals surface area contributed by atoms with Gasteiger partial charge in [0.1, 0.15) is 0 Å². The molecule has 0 saturated carbocycles. The van der Waals surface area contributed by atoms with Gasteiger partial charge in [0.2, 0.25) is 5.91 Å². The van der Waals surface area contributed by atoms with Gasteiger partial charge in [0.15, 0.2) is 0 Å². The second kappa shape index (κ2) is 7.90. The number of halogens is 1. The molecule has 2 aromatic rings. The second-order valence-corrected chi connectivity index (χ2v) is 6.04. The minimum absolute atomic E-state index is 0.00496. The number of nitrogens with zero attached hydrogens (tertiary/aromatic N) is 2. The maximum atomic E-state index is 12.1. The Labute approximate surface area is 145 Å². The van der Waals surface area contributed by atoms with E-state index < -0.39 is 4.92 Å². The van der Waals surface area contributed by atoms with Crippen molar-refractivity contribution in [2.24, 2.45) is 0 Å². The van der Waals surface area contributed by atoms with Crippen molar-refractivity contribution >= 4 is 28.9 Å². The van der Waals surface area contributed by atoms with Crippen LogP contribution >= 0.6 is 11.6 Å². The zero-order valence-electron chi connectivity index (χ0n) is 13.5. The van der Waals surface area contributed by atoms with Crippen LogP contribution in [0.3, 0.4) is 0 Å². The number of hydrogen-bond donors (Lipinski definition) is 1. The number of hydrogen-bond acceptors (Lipinski definition) is 4. The SMILES string of the molecule is Cc1cc([N+](=O)[O-])ccc1NC(=O)CN(C)Cc1ccc(Cl)cc1. The highest BCUT2D eigenvalue weighted by molar-refractivity contribution is 6.30. The monoisotopic (exact) mass is 347 g/mol. The van der Waals surface area contributed by atoms with Crippen molar-refractivity contribution in [3.05, 3.63) is 68.7 Å². The number of nitro benzene ring substituents is 1. The lowest BCUT2D eigenvalue weighted by Gasteiger charge is -2.17. The van der Waals surface area contributed by atoms with Gasteiger partial charge in [-0.1, -0.05) is 23.7 Å². The van der Waals surface area contributed by atoms with Crippen molar-refractivity contribution in [3.8, 4) is 0 Å². The molecule has 0 aliphatic carbocycles. The highest BCUT2D eigenvalue weighted by Gasteiger charge is 2.12. The summed E-state index contributed by atoms with van der Waals surface area (Å²) in [4.78, 5) is 24.3. The van der Waals surface area contributed by atoms with Crippen LogP contribution in [0, 0.1) is 17.0 Å². The van der Waals surface area contributed by atoms with Gasteiger partial charge < -0.3 is 5.32 Å². The maximum Gasteiger partial charge on any atom is 0.269 e. The summed E-state index contributed by atoms with van der Waals surface area (Å²) in [6, 6.07) is 11.8. The fourth-order valence-electron chi connectivity index (χ4n) is 2.29. The fraction of sp³-hybridized carbons (Fsp3) is 0.235. The van der Waals surface area contributed by atoms with E-state index in [2.05, 4.69) is 5.32 Å². The van der Waals surface area contributed by atoms with E-state index in [4.69, 9.17) is 11.6 Å². The van der Waals surface area contributed by atoms with Crippen LogP contribution < -0.4 is 5.32 Å². The lowest BCUT2D eigenvalue weighted by molar-refractivity contribution is -0.384. The van der Waals surface area contributed by atoms with E-state index in [-0.39, 0.29) is 18.1 Å². The second-order valence-electron chi connectivity index (χ2n) is 5.60. The van der Waals surface area contributed by atoms with E-state index >= 15 is 0 Å². The minimum Gasteiger partial charge on any atom is -0.325 e. The molecule has 1 N–H and O–H groups in total. The third-order valence-corrected chi connectivity index (χ3v) is 3.73. The third-order valence-electron chi connectivity index (χ3n) is 3.47. The van der Waals surface area contributed by atoms with Crippen molar-refractivity contribution in [1.29, 1.82) is 0 Å². The zero-order chi connectivity index (χ0) is 17.7. The molecule has 0 aliphatic heterocycles. The lowest BCUT2D eigenvalue weighted by atomic mass is 10.2. The summed E-state index contributed by atoms with van der Waals surface area (Å²) in [5.74, 6) is -0.177. The van der Waals surface area contributed by atoms with E-state index in [1.54, 1.807) is 13.0 Å². The Morgan fingerprint density at radius 1 is 1.25 bits per heavy atom. The smallest absolute Gasteiger partial charge is 0.269 e. The van der Waals surface area contributed by atoms with Gasteiger partial charge in [0.25, 0.3) is 5.69 Å². The van der Waals surface area contributed by atoms with Gasteiger partial charge in [-0.2, -0.15) is 0 Å². The highest BCUT2D eigenvalue weighted by atomic mass is 35.5. The fourth-order valence-corrected chi connectivity index (χ4v) is 2.42. The first-order chi connectivity index (χ1) is 11.3. The number of anilines is 1. The molecule has 0 spiro atoms. The van der Waals surface area contributed by atoms with E-state index in [0.29, 0.717) is 22.8 Å². The van der Waals surface area contributed by atoms with Gasteiger partial charge in [0, 0.05) is 29.4 Å².